The van der Waals surface area contributed by atoms with Crippen molar-refractivity contribution in [3.05, 3.63) is 59.7 Å². The predicted octanol–water partition coefficient (Wildman–Crippen LogP) is 2.99. The van der Waals surface area contributed by atoms with E-state index in [1.165, 1.54) is 24.3 Å². The first-order valence-electron chi connectivity index (χ1n) is 8.34. The molecular formula is C19H24N2O4S. The van der Waals surface area contributed by atoms with E-state index in [9.17, 15) is 13.2 Å². The zero-order valence-electron chi connectivity index (χ0n) is 15.2. The van der Waals surface area contributed by atoms with Crippen molar-refractivity contribution in [1.82, 2.24) is 5.32 Å². The maximum Gasteiger partial charge on any atom is 0.261 e. The van der Waals surface area contributed by atoms with Crippen LogP contribution in [0.25, 0.3) is 0 Å². The second-order valence-corrected chi connectivity index (χ2v) is 7.80. The molecule has 7 heteroatoms. The fourth-order valence-corrected chi connectivity index (χ4v) is 3.54. The smallest absolute Gasteiger partial charge is 0.261 e. The van der Waals surface area contributed by atoms with Gasteiger partial charge in [-0.2, -0.15) is 0 Å². The zero-order valence-corrected chi connectivity index (χ0v) is 16.0. The van der Waals surface area contributed by atoms with E-state index in [2.05, 4.69) is 10.0 Å². The summed E-state index contributed by atoms with van der Waals surface area (Å²) >= 11 is 0. The lowest BCUT2D eigenvalue weighted by Crippen LogP contribution is -2.26. The van der Waals surface area contributed by atoms with Crippen LogP contribution >= 0.6 is 0 Å². The lowest BCUT2D eigenvalue weighted by molar-refractivity contribution is 0.0937. The van der Waals surface area contributed by atoms with E-state index in [1.807, 2.05) is 26.0 Å². The molecule has 0 aromatic heterocycles. The highest BCUT2D eigenvalue weighted by Gasteiger charge is 2.17. The van der Waals surface area contributed by atoms with Gasteiger partial charge in [0.25, 0.3) is 15.9 Å². The summed E-state index contributed by atoms with van der Waals surface area (Å²) in [6.07, 6.45) is 0. The SMILES string of the molecule is COCCNC(=O)c1ccc(S(=O)(=O)Nc2ccccc2C(C)C)cc1. The normalized spacial score (nSPS) is 11.4. The molecule has 0 bridgehead atoms. The Balaban J connectivity index is 2.16. The third-order valence-electron chi connectivity index (χ3n) is 3.85. The number of carbonyl (C=O) groups excluding carboxylic acids is 1. The van der Waals surface area contributed by atoms with Crippen molar-refractivity contribution in [2.45, 2.75) is 24.7 Å². The van der Waals surface area contributed by atoms with Gasteiger partial charge in [-0.1, -0.05) is 32.0 Å². The molecule has 0 aliphatic carbocycles. The highest BCUT2D eigenvalue weighted by atomic mass is 32.2. The van der Waals surface area contributed by atoms with Gasteiger partial charge in [-0.25, -0.2) is 8.42 Å². The van der Waals surface area contributed by atoms with Gasteiger partial charge in [-0.05, 0) is 41.8 Å². The molecule has 2 rings (SSSR count). The van der Waals surface area contributed by atoms with Crippen LogP contribution in [0.2, 0.25) is 0 Å². The third-order valence-corrected chi connectivity index (χ3v) is 5.23. The van der Waals surface area contributed by atoms with E-state index in [-0.39, 0.29) is 16.7 Å². The number of ether oxygens (including phenoxy) is 1. The average molecular weight is 376 g/mol. The highest BCUT2D eigenvalue weighted by molar-refractivity contribution is 7.92. The summed E-state index contributed by atoms with van der Waals surface area (Å²) in [5, 5.41) is 2.69. The largest absolute Gasteiger partial charge is 0.383 e. The molecular weight excluding hydrogens is 352 g/mol. The summed E-state index contributed by atoms with van der Waals surface area (Å²) in [7, 11) is -2.18. The van der Waals surface area contributed by atoms with Crippen LogP contribution < -0.4 is 10.0 Å². The van der Waals surface area contributed by atoms with Crippen molar-refractivity contribution in [1.29, 1.82) is 0 Å². The van der Waals surface area contributed by atoms with Gasteiger partial charge in [-0.15, -0.1) is 0 Å². The lowest BCUT2D eigenvalue weighted by Gasteiger charge is -2.15. The summed E-state index contributed by atoms with van der Waals surface area (Å²) in [4.78, 5) is 12.1. The summed E-state index contributed by atoms with van der Waals surface area (Å²) in [5.74, 6) is -0.0869. The first kappa shape index (κ1) is 19.9. The van der Waals surface area contributed by atoms with Gasteiger partial charge >= 0.3 is 0 Å². The van der Waals surface area contributed by atoms with Crippen molar-refractivity contribution in [3.63, 3.8) is 0 Å². The topological polar surface area (TPSA) is 84.5 Å². The van der Waals surface area contributed by atoms with Crippen LogP contribution in [0.5, 0.6) is 0 Å². The van der Waals surface area contributed by atoms with E-state index < -0.39 is 10.0 Å². The maximum atomic E-state index is 12.6. The molecule has 0 heterocycles. The van der Waals surface area contributed by atoms with Crippen LogP contribution in [0.15, 0.2) is 53.4 Å². The second-order valence-electron chi connectivity index (χ2n) is 6.12. The van der Waals surface area contributed by atoms with Gasteiger partial charge < -0.3 is 10.1 Å². The second kappa shape index (κ2) is 8.82. The van der Waals surface area contributed by atoms with Crippen molar-refractivity contribution < 1.29 is 17.9 Å². The van der Waals surface area contributed by atoms with E-state index in [1.54, 1.807) is 19.2 Å². The maximum absolute atomic E-state index is 12.6. The van der Waals surface area contributed by atoms with Crippen LogP contribution in [0.3, 0.4) is 0 Å². The Morgan fingerprint density at radius 3 is 2.35 bits per heavy atom. The summed E-state index contributed by atoms with van der Waals surface area (Å²) in [6, 6.07) is 13.1. The number of methoxy groups -OCH3 is 1. The van der Waals surface area contributed by atoms with E-state index in [0.717, 1.165) is 5.56 Å². The Hall–Kier alpha value is -2.38. The summed E-state index contributed by atoms with van der Waals surface area (Å²) in [6.45, 7) is 4.81. The number of carbonyl (C=O) groups is 1. The first-order valence-corrected chi connectivity index (χ1v) is 9.82. The van der Waals surface area contributed by atoms with Crippen LogP contribution in [0.1, 0.15) is 35.7 Å². The van der Waals surface area contributed by atoms with Gasteiger partial charge in [0, 0.05) is 19.2 Å². The third kappa shape index (κ3) is 5.06. The Kier molecular flexibility index (Phi) is 6.76. The number of rotatable bonds is 8. The molecule has 0 fully saturated rings. The van der Waals surface area contributed by atoms with Gasteiger partial charge in [0.1, 0.15) is 0 Å². The van der Waals surface area contributed by atoms with E-state index in [4.69, 9.17) is 4.74 Å². The first-order chi connectivity index (χ1) is 12.3. The van der Waals surface area contributed by atoms with Crippen LogP contribution in [0.4, 0.5) is 5.69 Å². The number of sulfonamides is 1. The fraction of sp³-hybridized carbons (Fsp3) is 0.316. The molecule has 26 heavy (non-hydrogen) atoms. The van der Waals surface area contributed by atoms with Gasteiger partial charge in [0.05, 0.1) is 17.2 Å². The number of hydrogen-bond acceptors (Lipinski definition) is 4. The van der Waals surface area contributed by atoms with Crippen LogP contribution in [0, 0.1) is 0 Å². The molecule has 2 aromatic carbocycles. The lowest BCUT2D eigenvalue weighted by atomic mass is 10.0. The molecule has 0 aliphatic rings. The predicted molar refractivity (Wildman–Crippen MR) is 102 cm³/mol. The standard InChI is InChI=1S/C19H24N2O4S/c1-14(2)17-6-4-5-7-18(17)21-26(23,24)16-10-8-15(9-11-16)19(22)20-12-13-25-3/h4-11,14,21H,12-13H2,1-3H3,(H,20,22). The number of anilines is 1. The van der Waals surface area contributed by atoms with Gasteiger partial charge in [0.15, 0.2) is 0 Å². The minimum atomic E-state index is -3.73. The number of benzene rings is 2. The molecule has 140 valence electrons. The Bertz CT molecular complexity index is 846. The molecule has 6 nitrogen and oxygen atoms in total. The number of hydrogen-bond donors (Lipinski definition) is 2. The van der Waals surface area contributed by atoms with Gasteiger partial charge in [-0.3, -0.25) is 9.52 Å². The highest BCUT2D eigenvalue weighted by Crippen LogP contribution is 2.26. The van der Waals surface area contributed by atoms with Gasteiger partial charge in [0.2, 0.25) is 0 Å². The number of para-hydroxylation sites is 1. The molecule has 0 aliphatic heterocycles. The molecule has 2 N–H and O–H groups in total. The fourth-order valence-electron chi connectivity index (χ4n) is 2.45. The van der Waals surface area contributed by atoms with E-state index >= 15 is 0 Å². The van der Waals surface area contributed by atoms with Crippen molar-refractivity contribution in [2.75, 3.05) is 25.0 Å². The monoisotopic (exact) mass is 376 g/mol. The van der Waals surface area contributed by atoms with Crippen LogP contribution in [-0.2, 0) is 14.8 Å². The molecule has 0 atom stereocenters. The molecule has 0 spiro atoms. The Labute approximate surface area is 154 Å². The van der Waals surface area contributed by atoms with Crippen molar-refractivity contribution >= 4 is 21.6 Å². The summed E-state index contributed by atoms with van der Waals surface area (Å²) < 4.78 is 32.8. The molecule has 0 saturated carbocycles. The zero-order chi connectivity index (χ0) is 19.2. The molecule has 0 unspecified atom stereocenters. The van der Waals surface area contributed by atoms with Crippen molar-refractivity contribution in [2.24, 2.45) is 0 Å². The molecule has 0 saturated heterocycles. The van der Waals surface area contributed by atoms with E-state index in [0.29, 0.717) is 24.4 Å². The minimum absolute atomic E-state index is 0.101. The van der Waals surface area contributed by atoms with Crippen LogP contribution in [-0.4, -0.2) is 34.6 Å². The molecule has 0 radical (unpaired) electrons. The Morgan fingerprint density at radius 2 is 1.73 bits per heavy atom. The van der Waals surface area contributed by atoms with Crippen molar-refractivity contribution in [3.8, 4) is 0 Å². The minimum Gasteiger partial charge on any atom is -0.383 e. The average Bonchev–Trinajstić information content (AvgIpc) is 2.62. The Morgan fingerprint density at radius 1 is 1.08 bits per heavy atom. The summed E-state index contributed by atoms with van der Waals surface area (Å²) in [5.41, 5.74) is 1.87. The number of nitrogens with one attached hydrogen (secondary N) is 2. The molecule has 1 amide bonds. The number of amides is 1. The quantitative estimate of drug-likeness (QED) is 0.694. The molecule has 2 aromatic rings.